The smallest absolute Gasteiger partial charge is 0.0772 e. The monoisotopic (exact) mass is 282 g/mol. The second-order valence-corrected chi connectivity index (χ2v) is 6.09. The fourth-order valence-electron chi connectivity index (χ4n) is 2.63. The SMILES string of the molecule is NCC#Cc1ccc(CN2CCCc3ccccc32)s1. The minimum Gasteiger partial charge on any atom is -0.366 e. The van der Waals surface area contributed by atoms with Crippen LogP contribution in [0.25, 0.3) is 0 Å². The van der Waals surface area contributed by atoms with E-state index in [4.69, 9.17) is 5.73 Å². The fourth-order valence-corrected chi connectivity index (χ4v) is 3.53. The molecule has 0 aliphatic carbocycles. The van der Waals surface area contributed by atoms with Gasteiger partial charge in [-0.2, -0.15) is 0 Å². The molecular formula is C17H18N2S. The Balaban J connectivity index is 1.77. The lowest BCUT2D eigenvalue weighted by molar-refractivity contribution is 0.695. The Morgan fingerprint density at radius 1 is 1.20 bits per heavy atom. The van der Waals surface area contributed by atoms with E-state index in [1.165, 1.54) is 29.0 Å². The molecule has 0 atom stereocenters. The summed E-state index contributed by atoms with van der Waals surface area (Å²) in [6, 6.07) is 13.0. The first-order valence-corrected chi connectivity index (χ1v) is 7.79. The Morgan fingerprint density at radius 3 is 3.00 bits per heavy atom. The minimum atomic E-state index is 0.423. The number of nitrogens with two attached hydrogens (primary N) is 1. The Morgan fingerprint density at radius 2 is 2.10 bits per heavy atom. The maximum absolute atomic E-state index is 5.41. The molecule has 2 aromatic rings. The number of thiophene rings is 1. The van der Waals surface area contributed by atoms with E-state index in [9.17, 15) is 0 Å². The summed E-state index contributed by atoms with van der Waals surface area (Å²) in [6.07, 6.45) is 2.44. The van der Waals surface area contributed by atoms with Crippen molar-refractivity contribution in [3.8, 4) is 11.8 Å². The van der Waals surface area contributed by atoms with Crippen molar-refractivity contribution < 1.29 is 0 Å². The van der Waals surface area contributed by atoms with Crippen LogP contribution in [-0.4, -0.2) is 13.1 Å². The van der Waals surface area contributed by atoms with Gasteiger partial charge < -0.3 is 10.6 Å². The van der Waals surface area contributed by atoms with Gasteiger partial charge in [0.25, 0.3) is 0 Å². The van der Waals surface area contributed by atoms with E-state index in [2.05, 4.69) is 53.1 Å². The van der Waals surface area contributed by atoms with Crippen molar-refractivity contribution in [2.45, 2.75) is 19.4 Å². The number of fused-ring (bicyclic) bond motifs is 1. The quantitative estimate of drug-likeness (QED) is 0.858. The van der Waals surface area contributed by atoms with Crippen LogP contribution in [0.15, 0.2) is 36.4 Å². The molecule has 1 aromatic heterocycles. The molecule has 1 aliphatic rings. The molecule has 3 rings (SSSR count). The predicted molar refractivity (Wildman–Crippen MR) is 86.1 cm³/mol. The number of anilines is 1. The van der Waals surface area contributed by atoms with Gasteiger partial charge in [0.2, 0.25) is 0 Å². The topological polar surface area (TPSA) is 29.3 Å². The van der Waals surface area contributed by atoms with Gasteiger partial charge in [-0.15, -0.1) is 11.3 Å². The number of aryl methyl sites for hydroxylation is 1. The molecule has 20 heavy (non-hydrogen) atoms. The van der Waals surface area contributed by atoms with Crippen LogP contribution in [0, 0.1) is 11.8 Å². The largest absolute Gasteiger partial charge is 0.366 e. The predicted octanol–water partition coefficient (Wildman–Crippen LogP) is 3.01. The average molecular weight is 282 g/mol. The van der Waals surface area contributed by atoms with Crippen LogP contribution in [0.1, 0.15) is 21.7 Å². The highest BCUT2D eigenvalue weighted by molar-refractivity contribution is 7.12. The molecule has 0 saturated heterocycles. The van der Waals surface area contributed by atoms with Gasteiger partial charge in [-0.05, 0) is 36.6 Å². The summed E-state index contributed by atoms with van der Waals surface area (Å²) in [5, 5.41) is 0. The van der Waals surface area contributed by atoms with E-state index in [0.717, 1.165) is 18.0 Å². The summed E-state index contributed by atoms with van der Waals surface area (Å²) in [5.41, 5.74) is 8.27. The standard InChI is InChI=1S/C17H18N2S/c18-11-3-7-15-9-10-16(20-15)13-19-12-4-6-14-5-1-2-8-17(14)19/h1-2,5,8-10H,4,6,11-13,18H2. The molecule has 3 heteroatoms. The zero-order chi connectivity index (χ0) is 13.8. The summed E-state index contributed by atoms with van der Waals surface area (Å²) in [4.78, 5) is 4.95. The van der Waals surface area contributed by atoms with Gasteiger partial charge in [0.1, 0.15) is 0 Å². The molecule has 0 amide bonds. The molecule has 1 aliphatic heterocycles. The van der Waals surface area contributed by atoms with Crippen molar-refractivity contribution in [1.82, 2.24) is 0 Å². The molecule has 102 valence electrons. The molecule has 1 aromatic carbocycles. The molecule has 0 bridgehead atoms. The number of hydrogen-bond donors (Lipinski definition) is 1. The first-order valence-electron chi connectivity index (χ1n) is 6.97. The van der Waals surface area contributed by atoms with Crippen molar-refractivity contribution in [3.63, 3.8) is 0 Å². The van der Waals surface area contributed by atoms with Crippen LogP contribution in [0.4, 0.5) is 5.69 Å². The average Bonchev–Trinajstić information content (AvgIpc) is 2.93. The molecule has 0 radical (unpaired) electrons. The highest BCUT2D eigenvalue weighted by Crippen LogP contribution is 2.29. The number of hydrogen-bond acceptors (Lipinski definition) is 3. The summed E-state index contributed by atoms with van der Waals surface area (Å²) < 4.78 is 0. The lowest BCUT2D eigenvalue weighted by Gasteiger charge is -2.30. The van der Waals surface area contributed by atoms with Crippen molar-refractivity contribution in [3.05, 3.63) is 51.7 Å². The molecule has 0 fully saturated rings. The van der Waals surface area contributed by atoms with Crippen LogP contribution < -0.4 is 10.6 Å². The molecule has 0 unspecified atom stereocenters. The van der Waals surface area contributed by atoms with Gasteiger partial charge in [0.05, 0.1) is 18.0 Å². The second-order valence-electron chi connectivity index (χ2n) is 4.93. The van der Waals surface area contributed by atoms with E-state index in [0.29, 0.717) is 6.54 Å². The zero-order valence-corrected chi connectivity index (χ0v) is 12.2. The lowest BCUT2D eigenvalue weighted by atomic mass is 10.0. The lowest BCUT2D eigenvalue weighted by Crippen LogP contribution is -2.28. The van der Waals surface area contributed by atoms with E-state index in [-0.39, 0.29) is 0 Å². The number of rotatable bonds is 2. The Kier molecular flexibility index (Phi) is 4.05. The van der Waals surface area contributed by atoms with Crippen molar-refractivity contribution in [1.29, 1.82) is 0 Å². The molecular weight excluding hydrogens is 264 g/mol. The third-order valence-electron chi connectivity index (χ3n) is 3.53. The van der Waals surface area contributed by atoms with Gasteiger partial charge in [-0.3, -0.25) is 0 Å². The van der Waals surface area contributed by atoms with E-state index in [1.807, 2.05) is 0 Å². The molecule has 2 heterocycles. The highest BCUT2D eigenvalue weighted by atomic mass is 32.1. The van der Waals surface area contributed by atoms with Gasteiger partial charge in [0.15, 0.2) is 0 Å². The first kappa shape index (κ1) is 13.2. The fraction of sp³-hybridized carbons (Fsp3) is 0.294. The van der Waals surface area contributed by atoms with Crippen LogP contribution in [0.3, 0.4) is 0 Å². The number of benzene rings is 1. The third kappa shape index (κ3) is 2.87. The Hall–Kier alpha value is -1.76. The number of nitrogens with zero attached hydrogens (tertiary/aromatic N) is 1. The van der Waals surface area contributed by atoms with E-state index in [1.54, 1.807) is 11.3 Å². The molecule has 0 saturated carbocycles. The maximum Gasteiger partial charge on any atom is 0.0772 e. The third-order valence-corrected chi connectivity index (χ3v) is 4.51. The number of para-hydroxylation sites is 1. The normalized spacial score (nSPS) is 13.6. The highest BCUT2D eigenvalue weighted by Gasteiger charge is 2.16. The Labute approximate surface area is 124 Å². The summed E-state index contributed by atoms with van der Waals surface area (Å²) in [6.45, 7) is 2.54. The van der Waals surface area contributed by atoms with Crippen LogP contribution >= 0.6 is 11.3 Å². The summed E-state index contributed by atoms with van der Waals surface area (Å²) >= 11 is 1.77. The minimum absolute atomic E-state index is 0.423. The molecule has 2 N–H and O–H groups in total. The van der Waals surface area contributed by atoms with Crippen molar-refractivity contribution in [2.75, 3.05) is 18.0 Å². The van der Waals surface area contributed by atoms with Crippen LogP contribution in [0.2, 0.25) is 0 Å². The molecule has 0 spiro atoms. The molecule has 2 nitrogen and oxygen atoms in total. The van der Waals surface area contributed by atoms with E-state index >= 15 is 0 Å². The summed E-state index contributed by atoms with van der Waals surface area (Å²) in [5.74, 6) is 6.02. The van der Waals surface area contributed by atoms with Gasteiger partial charge in [-0.1, -0.05) is 30.0 Å². The van der Waals surface area contributed by atoms with Gasteiger partial charge >= 0.3 is 0 Å². The second kappa shape index (κ2) is 6.13. The maximum atomic E-state index is 5.41. The summed E-state index contributed by atoms with van der Waals surface area (Å²) in [7, 11) is 0. The van der Waals surface area contributed by atoms with E-state index < -0.39 is 0 Å². The van der Waals surface area contributed by atoms with Gasteiger partial charge in [0, 0.05) is 17.1 Å². The first-order chi connectivity index (χ1) is 9.86. The van der Waals surface area contributed by atoms with Crippen molar-refractivity contribution in [2.24, 2.45) is 5.73 Å². The van der Waals surface area contributed by atoms with Crippen LogP contribution in [-0.2, 0) is 13.0 Å². The Bertz CT molecular complexity index is 648. The van der Waals surface area contributed by atoms with Crippen molar-refractivity contribution >= 4 is 17.0 Å². The zero-order valence-electron chi connectivity index (χ0n) is 11.4. The van der Waals surface area contributed by atoms with Crippen LogP contribution in [0.5, 0.6) is 0 Å². The van der Waals surface area contributed by atoms with Gasteiger partial charge in [-0.25, -0.2) is 0 Å².